The van der Waals surface area contributed by atoms with Gasteiger partial charge in [0.05, 0.1) is 17.6 Å². The van der Waals surface area contributed by atoms with Crippen LogP contribution in [0.25, 0.3) is 11.1 Å². The molecule has 39 heavy (non-hydrogen) atoms. The largest absolute Gasteiger partial charge is 0.373 e. The average Bonchev–Trinajstić information content (AvgIpc) is 3.33. The Balaban J connectivity index is 1.72. The van der Waals surface area contributed by atoms with Gasteiger partial charge in [-0.2, -0.15) is 10.1 Å². The molecule has 202 valence electrons. The van der Waals surface area contributed by atoms with E-state index in [4.69, 9.17) is 0 Å². The summed E-state index contributed by atoms with van der Waals surface area (Å²) in [6.07, 6.45) is 6.29. The highest BCUT2D eigenvalue weighted by atomic mass is 19.1. The van der Waals surface area contributed by atoms with Gasteiger partial charge in [-0.05, 0) is 56.1 Å². The van der Waals surface area contributed by atoms with E-state index in [1.807, 2.05) is 52.5 Å². The van der Waals surface area contributed by atoms with E-state index in [9.17, 15) is 9.18 Å². The number of amides is 1. The summed E-state index contributed by atoms with van der Waals surface area (Å²) in [6.45, 7) is 5.21. The van der Waals surface area contributed by atoms with Crippen LogP contribution < -0.4 is 20.9 Å². The smallest absolute Gasteiger partial charge is 0.247 e. The van der Waals surface area contributed by atoms with Gasteiger partial charge in [0.25, 0.3) is 0 Å². The van der Waals surface area contributed by atoms with E-state index < -0.39 is 11.7 Å². The number of carbonyl (C=O) groups is 1. The van der Waals surface area contributed by atoms with Gasteiger partial charge in [0, 0.05) is 56.5 Å². The maximum absolute atomic E-state index is 14.9. The van der Waals surface area contributed by atoms with Crippen LogP contribution in [0.3, 0.4) is 0 Å². The predicted molar refractivity (Wildman–Crippen MR) is 154 cm³/mol. The standard InChI is InChI=1S/C28H32FN9O/c1-6-26(39)32-20-10-11-24(29)25(15-20)34-27-23(17-30-28(35-27)33-21-16-31-38(5)18-21)19-8-7-9-22(14-19)37(4)13-12-36(2)3/h6-11,14-18H,1,12-13H2,2-5H3,(H,32,39)(H2,30,33,34,35). The summed E-state index contributed by atoms with van der Waals surface area (Å²) < 4.78 is 16.6. The van der Waals surface area contributed by atoms with Gasteiger partial charge in [0.2, 0.25) is 11.9 Å². The molecule has 3 N–H and O–H groups in total. The van der Waals surface area contributed by atoms with E-state index in [0.29, 0.717) is 28.7 Å². The summed E-state index contributed by atoms with van der Waals surface area (Å²) in [5, 5.41) is 13.0. The van der Waals surface area contributed by atoms with Crippen LogP contribution in [0.2, 0.25) is 0 Å². The number of rotatable bonds is 11. The third-order valence-corrected chi connectivity index (χ3v) is 5.90. The number of hydrogen-bond donors (Lipinski definition) is 3. The number of nitrogens with zero attached hydrogens (tertiary/aromatic N) is 6. The van der Waals surface area contributed by atoms with Crippen LogP contribution in [0.5, 0.6) is 0 Å². The van der Waals surface area contributed by atoms with Crippen LogP contribution in [0.4, 0.5) is 38.9 Å². The summed E-state index contributed by atoms with van der Waals surface area (Å²) in [7, 11) is 7.93. The number of hydrogen-bond acceptors (Lipinski definition) is 8. The Hall–Kier alpha value is -4.77. The van der Waals surface area contributed by atoms with Crippen LogP contribution in [0, 0.1) is 5.82 Å². The zero-order valence-corrected chi connectivity index (χ0v) is 22.4. The minimum Gasteiger partial charge on any atom is -0.373 e. The summed E-state index contributed by atoms with van der Waals surface area (Å²) in [4.78, 5) is 25.3. The van der Waals surface area contributed by atoms with Gasteiger partial charge < -0.3 is 25.8 Å². The second-order valence-electron chi connectivity index (χ2n) is 9.27. The number of aromatic nitrogens is 4. The topological polar surface area (TPSA) is 103 Å². The summed E-state index contributed by atoms with van der Waals surface area (Å²) in [5.74, 6) is -0.204. The number of benzene rings is 2. The van der Waals surface area contributed by atoms with Gasteiger partial charge in [0.15, 0.2) is 0 Å². The quantitative estimate of drug-likeness (QED) is 0.242. The van der Waals surface area contributed by atoms with Crippen molar-refractivity contribution in [2.45, 2.75) is 0 Å². The molecule has 0 unspecified atom stereocenters. The van der Waals surface area contributed by atoms with Crippen molar-refractivity contribution in [1.82, 2.24) is 24.6 Å². The lowest BCUT2D eigenvalue weighted by atomic mass is 10.1. The normalized spacial score (nSPS) is 10.8. The van der Waals surface area contributed by atoms with Crippen molar-refractivity contribution >= 4 is 40.4 Å². The van der Waals surface area contributed by atoms with Crippen molar-refractivity contribution in [1.29, 1.82) is 0 Å². The molecular formula is C28H32FN9O. The van der Waals surface area contributed by atoms with Crippen LogP contribution in [-0.4, -0.2) is 64.8 Å². The van der Waals surface area contributed by atoms with Crippen molar-refractivity contribution in [3.05, 3.63) is 79.5 Å². The maximum Gasteiger partial charge on any atom is 0.247 e. The Labute approximate surface area is 227 Å². The lowest BCUT2D eigenvalue weighted by Crippen LogP contribution is -2.28. The highest BCUT2D eigenvalue weighted by molar-refractivity contribution is 5.99. The molecule has 0 radical (unpaired) electrons. The molecule has 4 aromatic rings. The van der Waals surface area contributed by atoms with Crippen molar-refractivity contribution in [3.63, 3.8) is 0 Å². The van der Waals surface area contributed by atoms with Crippen molar-refractivity contribution in [2.75, 3.05) is 55.1 Å². The Bertz CT molecular complexity index is 1470. The Morgan fingerprint density at radius 1 is 1.08 bits per heavy atom. The SMILES string of the molecule is C=CC(=O)Nc1ccc(F)c(Nc2nc(Nc3cnn(C)c3)ncc2-c2cccc(N(C)CCN(C)C)c2)c1. The van der Waals surface area contributed by atoms with Crippen LogP contribution in [-0.2, 0) is 11.8 Å². The van der Waals surface area contributed by atoms with Crippen molar-refractivity contribution in [3.8, 4) is 11.1 Å². The number of likely N-dealkylation sites (N-methyl/N-ethyl adjacent to an activating group) is 2. The Morgan fingerprint density at radius 2 is 1.90 bits per heavy atom. The average molecular weight is 530 g/mol. The molecule has 0 spiro atoms. The molecule has 2 aromatic carbocycles. The number of nitrogens with one attached hydrogen (secondary N) is 3. The van der Waals surface area contributed by atoms with Crippen molar-refractivity contribution < 1.29 is 9.18 Å². The van der Waals surface area contributed by atoms with Crippen LogP contribution in [0.1, 0.15) is 0 Å². The maximum atomic E-state index is 14.9. The van der Waals surface area contributed by atoms with Gasteiger partial charge >= 0.3 is 0 Å². The lowest BCUT2D eigenvalue weighted by Gasteiger charge is -2.22. The van der Waals surface area contributed by atoms with E-state index in [1.54, 1.807) is 23.3 Å². The van der Waals surface area contributed by atoms with Gasteiger partial charge in [-0.15, -0.1) is 0 Å². The zero-order chi connectivity index (χ0) is 27.9. The molecule has 0 aliphatic heterocycles. The molecule has 2 aromatic heterocycles. The third-order valence-electron chi connectivity index (χ3n) is 5.90. The first-order valence-corrected chi connectivity index (χ1v) is 12.3. The Kier molecular flexibility index (Phi) is 8.52. The van der Waals surface area contributed by atoms with Crippen LogP contribution >= 0.6 is 0 Å². The van der Waals surface area contributed by atoms with Gasteiger partial charge in [0.1, 0.15) is 11.6 Å². The number of halogens is 1. The molecule has 0 saturated carbocycles. The first-order chi connectivity index (χ1) is 18.7. The first-order valence-electron chi connectivity index (χ1n) is 12.3. The van der Waals surface area contributed by atoms with E-state index >= 15 is 0 Å². The fraction of sp³-hybridized carbons (Fsp3) is 0.214. The summed E-state index contributed by atoms with van der Waals surface area (Å²) in [6, 6.07) is 12.3. The second kappa shape index (κ2) is 12.2. The minimum atomic E-state index is -0.505. The number of carbonyl (C=O) groups excluding carboxylic acids is 1. The van der Waals surface area contributed by atoms with E-state index in [-0.39, 0.29) is 5.69 Å². The molecule has 11 heteroatoms. The molecule has 2 heterocycles. The molecular weight excluding hydrogens is 497 g/mol. The summed E-state index contributed by atoms with van der Waals surface area (Å²) >= 11 is 0. The molecule has 0 atom stereocenters. The van der Waals surface area contributed by atoms with Gasteiger partial charge in [-0.25, -0.2) is 9.37 Å². The molecule has 4 rings (SSSR count). The first kappa shape index (κ1) is 27.3. The van der Waals surface area contributed by atoms with Crippen molar-refractivity contribution in [2.24, 2.45) is 7.05 Å². The molecule has 1 amide bonds. The number of aryl methyl sites for hydroxylation is 1. The molecule has 10 nitrogen and oxygen atoms in total. The fourth-order valence-electron chi connectivity index (χ4n) is 3.77. The summed E-state index contributed by atoms with van der Waals surface area (Å²) in [5.41, 5.74) is 3.82. The zero-order valence-electron chi connectivity index (χ0n) is 22.4. The van der Waals surface area contributed by atoms with E-state index in [1.165, 1.54) is 18.2 Å². The molecule has 0 aliphatic rings. The monoisotopic (exact) mass is 529 g/mol. The highest BCUT2D eigenvalue weighted by Crippen LogP contribution is 2.33. The van der Waals surface area contributed by atoms with Crippen LogP contribution in [0.15, 0.2) is 73.7 Å². The molecule has 0 fully saturated rings. The predicted octanol–water partition coefficient (Wildman–Crippen LogP) is 4.63. The Morgan fingerprint density at radius 3 is 2.62 bits per heavy atom. The second-order valence-corrected chi connectivity index (χ2v) is 9.27. The van der Waals surface area contributed by atoms with E-state index in [2.05, 4.69) is 47.4 Å². The highest BCUT2D eigenvalue weighted by Gasteiger charge is 2.15. The minimum absolute atomic E-state index is 0.142. The molecule has 0 aliphatic carbocycles. The van der Waals surface area contributed by atoms with E-state index in [0.717, 1.165) is 30.4 Å². The van der Waals surface area contributed by atoms with Gasteiger partial charge in [-0.1, -0.05) is 18.7 Å². The fourth-order valence-corrected chi connectivity index (χ4v) is 3.77. The molecule has 0 bridgehead atoms. The lowest BCUT2D eigenvalue weighted by molar-refractivity contribution is -0.111. The third kappa shape index (κ3) is 7.17. The molecule has 0 saturated heterocycles. The number of anilines is 6. The van der Waals surface area contributed by atoms with Gasteiger partial charge in [-0.3, -0.25) is 9.48 Å².